The Labute approximate surface area is 124 Å². The molecule has 1 aliphatic rings. The van der Waals surface area contributed by atoms with Crippen LogP contribution in [0.4, 0.5) is 4.39 Å². The maximum absolute atomic E-state index is 13.5. The molecule has 0 spiro atoms. The van der Waals surface area contributed by atoms with E-state index in [1.807, 2.05) is 0 Å². The molecule has 1 saturated heterocycles. The zero-order valence-electron chi connectivity index (χ0n) is 12.1. The van der Waals surface area contributed by atoms with Crippen molar-refractivity contribution in [3.05, 3.63) is 35.1 Å². The molecule has 1 unspecified atom stereocenters. The van der Waals surface area contributed by atoms with Crippen molar-refractivity contribution in [2.75, 3.05) is 19.3 Å². The second-order valence-corrected chi connectivity index (χ2v) is 7.38. The van der Waals surface area contributed by atoms with Crippen LogP contribution in [0.5, 0.6) is 0 Å². The van der Waals surface area contributed by atoms with Crippen LogP contribution in [-0.4, -0.2) is 44.0 Å². The maximum atomic E-state index is 13.5. The summed E-state index contributed by atoms with van der Waals surface area (Å²) in [5.41, 5.74) is 0.724. The highest BCUT2D eigenvalue weighted by molar-refractivity contribution is 7.88. The number of amides is 1. The van der Waals surface area contributed by atoms with Crippen molar-refractivity contribution in [3.63, 3.8) is 0 Å². The van der Waals surface area contributed by atoms with E-state index in [4.69, 9.17) is 0 Å². The molecule has 0 bridgehead atoms. The lowest BCUT2D eigenvalue weighted by atomic mass is 10.1. The first kappa shape index (κ1) is 15.9. The van der Waals surface area contributed by atoms with Crippen LogP contribution in [0.15, 0.2) is 18.2 Å². The van der Waals surface area contributed by atoms with Crippen LogP contribution in [0.1, 0.15) is 28.8 Å². The van der Waals surface area contributed by atoms with Crippen molar-refractivity contribution in [2.24, 2.45) is 0 Å². The molecule has 5 nitrogen and oxygen atoms in total. The number of benzene rings is 1. The van der Waals surface area contributed by atoms with Gasteiger partial charge in [-0.15, -0.1) is 0 Å². The number of nitrogens with one attached hydrogen (secondary N) is 1. The lowest BCUT2D eigenvalue weighted by Crippen LogP contribution is -2.49. The number of carbonyl (C=O) groups is 1. The normalized spacial score (nSPS) is 20.2. The Balaban J connectivity index is 2.03. The van der Waals surface area contributed by atoms with Crippen LogP contribution in [0.2, 0.25) is 0 Å². The number of sulfonamides is 1. The van der Waals surface area contributed by atoms with Gasteiger partial charge in [0.2, 0.25) is 10.0 Å². The molecule has 1 aliphatic heterocycles. The molecule has 1 fully saturated rings. The minimum absolute atomic E-state index is 0.245. The van der Waals surface area contributed by atoms with E-state index in [0.717, 1.165) is 6.26 Å². The molecule has 0 aromatic heterocycles. The van der Waals surface area contributed by atoms with Gasteiger partial charge in [0.15, 0.2) is 0 Å². The Kier molecular flexibility index (Phi) is 4.63. The van der Waals surface area contributed by atoms with E-state index >= 15 is 0 Å². The van der Waals surface area contributed by atoms with Gasteiger partial charge in [0, 0.05) is 24.7 Å². The predicted molar refractivity (Wildman–Crippen MR) is 78.0 cm³/mol. The third-order valence-corrected chi connectivity index (χ3v) is 4.89. The van der Waals surface area contributed by atoms with Gasteiger partial charge in [0.05, 0.1) is 6.26 Å². The second-order valence-electron chi connectivity index (χ2n) is 5.40. The first-order valence-electron chi connectivity index (χ1n) is 6.79. The number of hydrogen-bond donors (Lipinski definition) is 1. The summed E-state index contributed by atoms with van der Waals surface area (Å²) in [5, 5.41) is 2.77. The highest BCUT2D eigenvalue weighted by Crippen LogP contribution is 2.14. The number of carbonyl (C=O) groups excluding carboxylic acids is 1. The van der Waals surface area contributed by atoms with Gasteiger partial charge < -0.3 is 5.32 Å². The zero-order chi connectivity index (χ0) is 15.6. The molecule has 0 radical (unpaired) electrons. The molecule has 2 rings (SSSR count). The largest absolute Gasteiger partial charge is 0.348 e. The Morgan fingerprint density at radius 1 is 1.43 bits per heavy atom. The van der Waals surface area contributed by atoms with Crippen LogP contribution in [0, 0.1) is 12.7 Å². The standard InChI is InChI=1S/C14H19FN2O3S/c1-10-5-6-11(8-13(10)15)14(18)16-12-4-3-7-17(9-12)21(2,19)20/h5-6,8,12H,3-4,7,9H2,1-2H3,(H,16,18). The fourth-order valence-electron chi connectivity index (χ4n) is 2.36. The number of aryl methyl sites for hydroxylation is 1. The molecule has 0 aliphatic carbocycles. The minimum Gasteiger partial charge on any atom is -0.348 e. The molecular formula is C14H19FN2O3S. The molecule has 116 valence electrons. The van der Waals surface area contributed by atoms with Gasteiger partial charge in [0.25, 0.3) is 5.91 Å². The molecule has 1 N–H and O–H groups in total. The smallest absolute Gasteiger partial charge is 0.251 e. The number of hydrogen-bond acceptors (Lipinski definition) is 3. The summed E-state index contributed by atoms with van der Waals surface area (Å²) in [6.45, 7) is 2.37. The summed E-state index contributed by atoms with van der Waals surface area (Å²) in [6, 6.07) is 4.06. The third-order valence-electron chi connectivity index (χ3n) is 3.62. The summed E-state index contributed by atoms with van der Waals surface area (Å²) >= 11 is 0. The van der Waals surface area contributed by atoms with Crippen LogP contribution < -0.4 is 5.32 Å². The monoisotopic (exact) mass is 314 g/mol. The Hall–Kier alpha value is -1.47. The first-order valence-corrected chi connectivity index (χ1v) is 8.64. The molecule has 7 heteroatoms. The summed E-state index contributed by atoms with van der Waals surface area (Å²) in [7, 11) is -3.25. The molecule has 1 amide bonds. The van der Waals surface area contributed by atoms with Gasteiger partial charge in [-0.05, 0) is 37.5 Å². The number of rotatable bonds is 3. The molecule has 1 heterocycles. The van der Waals surface area contributed by atoms with Crippen molar-refractivity contribution < 1.29 is 17.6 Å². The van der Waals surface area contributed by atoms with Crippen molar-refractivity contribution in [1.29, 1.82) is 0 Å². The average Bonchev–Trinajstić information content (AvgIpc) is 2.41. The van der Waals surface area contributed by atoms with Gasteiger partial charge in [-0.1, -0.05) is 6.07 Å². The van der Waals surface area contributed by atoms with E-state index in [-0.39, 0.29) is 24.1 Å². The van der Waals surface area contributed by atoms with Crippen LogP contribution in [0.3, 0.4) is 0 Å². The Morgan fingerprint density at radius 3 is 2.76 bits per heavy atom. The summed E-state index contributed by atoms with van der Waals surface area (Å²) in [5.74, 6) is -0.807. The van der Waals surface area contributed by atoms with Crippen molar-refractivity contribution in [1.82, 2.24) is 9.62 Å². The highest BCUT2D eigenvalue weighted by Gasteiger charge is 2.27. The maximum Gasteiger partial charge on any atom is 0.251 e. The fraction of sp³-hybridized carbons (Fsp3) is 0.500. The fourth-order valence-corrected chi connectivity index (χ4v) is 3.28. The lowest BCUT2D eigenvalue weighted by Gasteiger charge is -2.31. The van der Waals surface area contributed by atoms with E-state index in [2.05, 4.69) is 5.32 Å². The van der Waals surface area contributed by atoms with E-state index in [9.17, 15) is 17.6 Å². The lowest BCUT2D eigenvalue weighted by molar-refractivity contribution is 0.0921. The predicted octanol–water partition coefficient (Wildman–Crippen LogP) is 1.29. The number of nitrogens with zero attached hydrogens (tertiary/aromatic N) is 1. The molecule has 1 aromatic carbocycles. The first-order chi connectivity index (χ1) is 9.77. The van der Waals surface area contributed by atoms with E-state index in [0.29, 0.717) is 24.9 Å². The third kappa shape index (κ3) is 4.01. The van der Waals surface area contributed by atoms with E-state index in [1.165, 1.54) is 10.4 Å². The van der Waals surface area contributed by atoms with Crippen LogP contribution in [-0.2, 0) is 10.0 Å². The number of piperidine rings is 1. The van der Waals surface area contributed by atoms with E-state index < -0.39 is 15.8 Å². The van der Waals surface area contributed by atoms with Crippen LogP contribution in [0.25, 0.3) is 0 Å². The Morgan fingerprint density at radius 2 is 2.14 bits per heavy atom. The average molecular weight is 314 g/mol. The zero-order valence-corrected chi connectivity index (χ0v) is 12.9. The SMILES string of the molecule is Cc1ccc(C(=O)NC2CCCN(S(C)(=O)=O)C2)cc1F. The highest BCUT2D eigenvalue weighted by atomic mass is 32.2. The van der Waals surface area contributed by atoms with E-state index in [1.54, 1.807) is 19.1 Å². The summed E-state index contributed by atoms with van der Waals surface area (Å²) in [4.78, 5) is 12.1. The minimum atomic E-state index is -3.25. The van der Waals surface area contributed by atoms with Gasteiger partial charge in [-0.2, -0.15) is 0 Å². The topological polar surface area (TPSA) is 66.5 Å². The summed E-state index contributed by atoms with van der Waals surface area (Å²) < 4.78 is 37.9. The Bertz CT molecular complexity index is 646. The summed E-state index contributed by atoms with van der Waals surface area (Å²) in [6.07, 6.45) is 2.57. The van der Waals surface area contributed by atoms with Gasteiger partial charge in [0.1, 0.15) is 5.82 Å². The molecule has 21 heavy (non-hydrogen) atoms. The van der Waals surface area contributed by atoms with Crippen LogP contribution >= 0.6 is 0 Å². The van der Waals surface area contributed by atoms with Crippen molar-refractivity contribution in [3.8, 4) is 0 Å². The molecule has 1 aromatic rings. The molecule has 0 saturated carbocycles. The number of halogens is 1. The van der Waals surface area contributed by atoms with Gasteiger partial charge >= 0.3 is 0 Å². The second kappa shape index (κ2) is 6.11. The van der Waals surface area contributed by atoms with Crippen molar-refractivity contribution in [2.45, 2.75) is 25.8 Å². The molecule has 1 atom stereocenters. The van der Waals surface area contributed by atoms with Gasteiger partial charge in [-0.3, -0.25) is 4.79 Å². The van der Waals surface area contributed by atoms with Crippen molar-refractivity contribution >= 4 is 15.9 Å². The molecular weight excluding hydrogens is 295 g/mol. The quantitative estimate of drug-likeness (QED) is 0.914. The van der Waals surface area contributed by atoms with Gasteiger partial charge in [-0.25, -0.2) is 17.1 Å².